The summed E-state index contributed by atoms with van der Waals surface area (Å²) in [6, 6.07) is 0.183. The number of halogens is 1. The Morgan fingerprint density at radius 3 is 2.83 bits per heavy atom. The number of nitrogens with zero attached hydrogens (tertiary/aromatic N) is 4. The first-order valence-electron chi connectivity index (χ1n) is 8.88. The molecule has 5 nitrogen and oxygen atoms in total. The average Bonchev–Trinajstić information content (AvgIpc) is 2.97. The van der Waals surface area contributed by atoms with Gasteiger partial charge in [0.05, 0.1) is 6.33 Å². The zero-order valence-corrected chi connectivity index (χ0v) is 14.1. The molecule has 6 heteroatoms. The van der Waals surface area contributed by atoms with Gasteiger partial charge >= 0.3 is 6.08 Å². The molecule has 0 radical (unpaired) electrons. The molecule has 5 aliphatic rings. The van der Waals surface area contributed by atoms with Crippen molar-refractivity contribution in [1.82, 2.24) is 19.5 Å². The van der Waals surface area contributed by atoms with Crippen molar-refractivity contribution < 1.29 is 4.39 Å². The number of allylic oxidation sites excluding steroid dienone is 2. The number of hydrogen-bond donors (Lipinski definition) is 1. The van der Waals surface area contributed by atoms with Crippen LogP contribution in [0.15, 0.2) is 18.0 Å². The van der Waals surface area contributed by atoms with Gasteiger partial charge in [0.25, 0.3) is 0 Å². The van der Waals surface area contributed by atoms with E-state index in [1.54, 1.807) is 11.9 Å². The lowest BCUT2D eigenvalue weighted by Crippen LogP contribution is -2.49. The Bertz CT molecular complexity index is 838. The number of anilines is 1. The third-order valence-electron chi connectivity index (χ3n) is 6.22. The normalized spacial score (nSPS) is 30.6. The van der Waals surface area contributed by atoms with Gasteiger partial charge in [-0.05, 0) is 56.8 Å². The molecule has 5 aliphatic carbocycles. The number of rotatable bonds is 4. The summed E-state index contributed by atoms with van der Waals surface area (Å²) in [5.74, 6) is 2.14. The van der Waals surface area contributed by atoms with Crippen molar-refractivity contribution >= 4 is 17.0 Å². The highest BCUT2D eigenvalue weighted by molar-refractivity contribution is 5.82. The van der Waals surface area contributed by atoms with E-state index in [9.17, 15) is 4.39 Å². The third kappa shape index (κ3) is 1.95. The van der Waals surface area contributed by atoms with E-state index in [0.717, 1.165) is 24.8 Å². The van der Waals surface area contributed by atoms with E-state index in [1.165, 1.54) is 19.3 Å². The second-order valence-electron chi connectivity index (χ2n) is 8.06. The molecule has 7 rings (SSSR count). The van der Waals surface area contributed by atoms with Gasteiger partial charge in [0.2, 0.25) is 0 Å². The molecule has 2 heterocycles. The van der Waals surface area contributed by atoms with Gasteiger partial charge in [-0.15, -0.1) is 0 Å². The summed E-state index contributed by atoms with van der Waals surface area (Å²) < 4.78 is 15.8. The van der Waals surface area contributed by atoms with E-state index in [-0.39, 0.29) is 6.04 Å². The Morgan fingerprint density at radius 2 is 2.12 bits per heavy atom. The van der Waals surface area contributed by atoms with Crippen molar-refractivity contribution in [1.29, 1.82) is 0 Å². The Hall–Kier alpha value is -1.98. The average molecular weight is 327 g/mol. The van der Waals surface area contributed by atoms with Crippen LogP contribution in [0.1, 0.15) is 45.6 Å². The maximum absolute atomic E-state index is 13.9. The minimum Gasteiger partial charge on any atom is -0.367 e. The number of nitrogens with one attached hydrogen (secondary N) is 1. The van der Waals surface area contributed by atoms with Crippen LogP contribution in [-0.2, 0) is 0 Å². The van der Waals surface area contributed by atoms with Gasteiger partial charge in [-0.1, -0.05) is 11.6 Å². The lowest BCUT2D eigenvalue weighted by molar-refractivity contribution is 0.0485. The summed E-state index contributed by atoms with van der Waals surface area (Å²) in [4.78, 5) is 12.4. The van der Waals surface area contributed by atoms with Crippen LogP contribution in [0, 0.1) is 23.3 Å². The van der Waals surface area contributed by atoms with Gasteiger partial charge < -0.3 is 9.88 Å². The second-order valence-corrected chi connectivity index (χ2v) is 8.06. The number of imidazole rings is 1. The van der Waals surface area contributed by atoms with Crippen LogP contribution in [0.4, 0.5) is 10.2 Å². The summed E-state index contributed by atoms with van der Waals surface area (Å²) in [7, 11) is 0. The van der Waals surface area contributed by atoms with Gasteiger partial charge in [-0.25, -0.2) is 4.98 Å². The first-order valence-corrected chi connectivity index (χ1v) is 8.88. The van der Waals surface area contributed by atoms with Crippen molar-refractivity contribution in [3.8, 4) is 0 Å². The molecule has 2 unspecified atom stereocenters. The first kappa shape index (κ1) is 14.4. The summed E-state index contributed by atoms with van der Waals surface area (Å²) in [5.41, 5.74) is 3.25. The zero-order chi connectivity index (χ0) is 16.5. The molecule has 3 fully saturated rings. The predicted molar refractivity (Wildman–Crippen MR) is 90.1 cm³/mol. The van der Waals surface area contributed by atoms with Crippen LogP contribution in [0.2, 0.25) is 0 Å². The molecule has 2 atom stereocenters. The van der Waals surface area contributed by atoms with Crippen LogP contribution < -0.4 is 5.32 Å². The largest absolute Gasteiger partial charge is 0.367 e. The standard InChI is InChI=1S/C18H22FN5/c1-10(2)24-9-21-14-15(22-17(19)23-16(14)24)20-8-18-4-3-13-11(6-18)5-12(13)7-18/h3,9-12H,4-8H2,1-2H3,(H,20,22,23). The third-order valence-corrected chi connectivity index (χ3v) is 6.22. The number of hydrogen-bond acceptors (Lipinski definition) is 4. The molecule has 3 saturated carbocycles. The highest BCUT2D eigenvalue weighted by atomic mass is 19.1. The van der Waals surface area contributed by atoms with Gasteiger partial charge in [-0.3, -0.25) is 0 Å². The van der Waals surface area contributed by atoms with Gasteiger partial charge in [-0.2, -0.15) is 14.4 Å². The van der Waals surface area contributed by atoms with Crippen LogP contribution in [0.25, 0.3) is 11.2 Å². The SMILES string of the molecule is CC(C)n1cnc2c(NCC34CC=C5C(CC5C3)C4)nc(F)nc21. The van der Waals surface area contributed by atoms with E-state index < -0.39 is 6.08 Å². The highest BCUT2D eigenvalue weighted by Crippen LogP contribution is 2.62. The summed E-state index contributed by atoms with van der Waals surface area (Å²) in [6.45, 7) is 4.91. The smallest absolute Gasteiger partial charge is 0.312 e. The van der Waals surface area contributed by atoms with E-state index in [4.69, 9.17) is 0 Å². The molecule has 24 heavy (non-hydrogen) atoms. The van der Waals surface area contributed by atoms with Crippen molar-refractivity contribution in [3.05, 3.63) is 24.1 Å². The minimum atomic E-state index is -0.692. The van der Waals surface area contributed by atoms with Gasteiger partial charge in [0, 0.05) is 12.6 Å². The summed E-state index contributed by atoms with van der Waals surface area (Å²) in [5, 5.41) is 3.41. The molecule has 0 amide bonds. The predicted octanol–water partition coefficient (Wildman–Crippen LogP) is 3.70. The van der Waals surface area contributed by atoms with Crippen molar-refractivity contribution in [2.45, 2.75) is 45.6 Å². The van der Waals surface area contributed by atoms with Gasteiger partial charge in [0.1, 0.15) is 0 Å². The maximum atomic E-state index is 13.9. The Balaban J connectivity index is 1.44. The fourth-order valence-electron chi connectivity index (χ4n) is 5.03. The molecule has 0 aromatic carbocycles. The van der Waals surface area contributed by atoms with Crippen molar-refractivity contribution in [2.24, 2.45) is 17.3 Å². The molecule has 1 N–H and O–H groups in total. The Morgan fingerprint density at radius 1 is 1.33 bits per heavy atom. The molecular formula is C18H22FN5. The van der Waals surface area contributed by atoms with Crippen LogP contribution >= 0.6 is 0 Å². The summed E-state index contributed by atoms with van der Waals surface area (Å²) in [6.07, 6.45) is 8.52. The van der Waals surface area contributed by atoms with Crippen molar-refractivity contribution in [2.75, 3.05) is 11.9 Å². The molecule has 2 aromatic rings. The molecule has 0 saturated heterocycles. The molecule has 4 bridgehead atoms. The van der Waals surface area contributed by atoms with Crippen LogP contribution in [0.3, 0.4) is 0 Å². The fourth-order valence-corrected chi connectivity index (χ4v) is 5.03. The van der Waals surface area contributed by atoms with Crippen LogP contribution in [-0.4, -0.2) is 26.1 Å². The minimum absolute atomic E-state index is 0.183. The molecule has 126 valence electrons. The first-order chi connectivity index (χ1) is 11.5. The van der Waals surface area contributed by atoms with E-state index in [2.05, 4.69) is 26.3 Å². The fraction of sp³-hybridized carbons (Fsp3) is 0.611. The van der Waals surface area contributed by atoms with E-state index in [0.29, 0.717) is 22.4 Å². The van der Waals surface area contributed by atoms with Crippen molar-refractivity contribution in [3.63, 3.8) is 0 Å². The number of aromatic nitrogens is 4. The molecule has 2 aromatic heterocycles. The van der Waals surface area contributed by atoms with E-state index >= 15 is 0 Å². The zero-order valence-electron chi connectivity index (χ0n) is 14.1. The number of fused-ring (bicyclic) bond motifs is 2. The Kier molecular flexibility index (Phi) is 2.86. The lowest BCUT2D eigenvalue weighted by Gasteiger charge is -2.58. The quantitative estimate of drug-likeness (QED) is 0.687. The summed E-state index contributed by atoms with van der Waals surface area (Å²) >= 11 is 0. The molecule has 0 aliphatic heterocycles. The molecular weight excluding hydrogens is 305 g/mol. The highest BCUT2D eigenvalue weighted by Gasteiger charge is 2.52. The maximum Gasteiger partial charge on any atom is 0.312 e. The topological polar surface area (TPSA) is 55.6 Å². The van der Waals surface area contributed by atoms with Gasteiger partial charge in [0.15, 0.2) is 17.0 Å². The van der Waals surface area contributed by atoms with Crippen LogP contribution in [0.5, 0.6) is 0 Å². The Labute approximate surface area is 140 Å². The van der Waals surface area contributed by atoms with E-state index in [1.807, 2.05) is 18.4 Å². The lowest BCUT2D eigenvalue weighted by atomic mass is 9.48. The second kappa shape index (κ2) is 4.77. The molecule has 0 spiro atoms. The monoisotopic (exact) mass is 327 g/mol.